The van der Waals surface area contributed by atoms with Crippen LogP contribution in [0.2, 0.25) is 0 Å². The van der Waals surface area contributed by atoms with Crippen LogP contribution in [-0.2, 0) is 0 Å². The first-order valence-electron chi connectivity index (χ1n) is 8.17. The van der Waals surface area contributed by atoms with Crippen LogP contribution in [0.4, 0.5) is 23.1 Å². The number of nitrogens with zero attached hydrogens (tertiary/aromatic N) is 3. The van der Waals surface area contributed by atoms with Crippen molar-refractivity contribution in [2.24, 2.45) is 0 Å². The molecule has 128 valence electrons. The van der Waals surface area contributed by atoms with E-state index in [0.29, 0.717) is 11.8 Å². The van der Waals surface area contributed by atoms with Gasteiger partial charge in [0, 0.05) is 23.5 Å². The molecule has 2 heterocycles. The standard InChI is InChI=1S/C20H17N5O/c1-26-18-7-3-2-6-17(18)24-20-22-12-10-19(25-20)23-15-8-9-16-14(13-15)5-4-11-21-16/h2-13H,1H3,(H2,22,23,24,25). The van der Waals surface area contributed by atoms with E-state index in [-0.39, 0.29) is 0 Å². The molecule has 2 N–H and O–H groups in total. The first-order chi connectivity index (χ1) is 12.8. The SMILES string of the molecule is COc1ccccc1Nc1nccc(Nc2ccc3ncccc3c2)n1. The van der Waals surface area contributed by atoms with Gasteiger partial charge in [-0.05, 0) is 42.5 Å². The molecule has 0 fully saturated rings. The molecule has 0 aliphatic carbocycles. The fraction of sp³-hybridized carbons (Fsp3) is 0.0500. The van der Waals surface area contributed by atoms with Gasteiger partial charge in [0.2, 0.25) is 5.95 Å². The van der Waals surface area contributed by atoms with Gasteiger partial charge < -0.3 is 15.4 Å². The zero-order valence-electron chi connectivity index (χ0n) is 14.2. The van der Waals surface area contributed by atoms with Gasteiger partial charge in [-0.3, -0.25) is 4.98 Å². The Bertz CT molecular complexity index is 1050. The number of hydrogen-bond acceptors (Lipinski definition) is 6. The van der Waals surface area contributed by atoms with Crippen molar-refractivity contribution in [1.29, 1.82) is 0 Å². The molecular weight excluding hydrogens is 326 g/mol. The highest BCUT2D eigenvalue weighted by Crippen LogP contribution is 2.26. The highest BCUT2D eigenvalue weighted by Gasteiger charge is 2.05. The van der Waals surface area contributed by atoms with Crippen molar-refractivity contribution in [1.82, 2.24) is 15.0 Å². The highest BCUT2D eigenvalue weighted by atomic mass is 16.5. The second-order valence-corrected chi connectivity index (χ2v) is 5.63. The molecule has 2 aromatic heterocycles. The number of nitrogens with one attached hydrogen (secondary N) is 2. The quantitative estimate of drug-likeness (QED) is 0.555. The van der Waals surface area contributed by atoms with Crippen LogP contribution >= 0.6 is 0 Å². The number of pyridine rings is 1. The Labute approximate surface area is 150 Å². The number of ether oxygens (including phenoxy) is 1. The molecule has 2 aromatic carbocycles. The van der Waals surface area contributed by atoms with Crippen LogP contribution in [0.5, 0.6) is 5.75 Å². The lowest BCUT2D eigenvalue weighted by Gasteiger charge is -2.11. The Morgan fingerprint density at radius 3 is 2.69 bits per heavy atom. The summed E-state index contributed by atoms with van der Waals surface area (Å²) in [6.07, 6.45) is 3.49. The van der Waals surface area contributed by atoms with E-state index in [2.05, 4.69) is 25.6 Å². The normalized spacial score (nSPS) is 10.5. The van der Waals surface area contributed by atoms with E-state index in [4.69, 9.17) is 4.74 Å². The van der Waals surface area contributed by atoms with Crippen LogP contribution in [0.1, 0.15) is 0 Å². The molecule has 0 unspecified atom stereocenters. The van der Waals surface area contributed by atoms with Crippen molar-refractivity contribution in [3.8, 4) is 5.75 Å². The van der Waals surface area contributed by atoms with Gasteiger partial charge in [0.25, 0.3) is 0 Å². The van der Waals surface area contributed by atoms with E-state index < -0.39 is 0 Å². The lowest BCUT2D eigenvalue weighted by Crippen LogP contribution is -2.01. The Balaban J connectivity index is 1.57. The minimum absolute atomic E-state index is 0.488. The van der Waals surface area contributed by atoms with Gasteiger partial charge in [0.05, 0.1) is 18.3 Å². The number of anilines is 4. The maximum Gasteiger partial charge on any atom is 0.229 e. The molecule has 0 saturated heterocycles. The van der Waals surface area contributed by atoms with Gasteiger partial charge in [-0.15, -0.1) is 0 Å². The number of benzene rings is 2. The maximum atomic E-state index is 5.34. The van der Waals surface area contributed by atoms with Gasteiger partial charge in [-0.2, -0.15) is 4.98 Å². The van der Waals surface area contributed by atoms with Gasteiger partial charge in [0.15, 0.2) is 0 Å². The zero-order chi connectivity index (χ0) is 17.8. The van der Waals surface area contributed by atoms with Crippen molar-refractivity contribution < 1.29 is 4.74 Å². The van der Waals surface area contributed by atoms with E-state index in [1.54, 1.807) is 19.5 Å². The Kier molecular flexibility index (Phi) is 4.30. The first kappa shape index (κ1) is 15.8. The highest BCUT2D eigenvalue weighted by molar-refractivity contribution is 5.83. The summed E-state index contributed by atoms with van der Waals surface area (Å²) < 4.78 is 5.34. The molecule has 0 radical (unpaired) electrons. The van der Waals surface area contributed by atoms with E-state index >= 15 is 0 Å². The molecule has 4 aromatic rings. The van der Waals surface area contributed by atoms with E-state index in [1.807, 2.05) is 60.7 Å². The lowest BCUT2D eigenvalue weighted by molar-refractivity contribution is 0.417. The molecule has 0 bridgehead atoms. The smallest absolute Gasteiger partial charge is 0.229 e. The molecule has 0 atom stereocenters. The number of hydrogen-bond donors (Lipinski definition) is 2. The lowest BCUT2D eigenvalue weighted by atomic mass is 10.2. The number of aromatic nitrogens is 3. The summed E-state index contributed by atoms with van der Waals surface area (Å²) in [6.45, 7) is 0. The number of para-hydroxylation sites is 2. The molecular formula is C20H17N5O. The molecule has 6 heteroatoms. The molecule has 6 nitrogen and oxygen atoms in total. The van der Waals surface area contributed by atoms with Gasteiger partial charge >= 0.3 is 0 Å². The molecule has 26 heavy (non-hydrogen) atoms. The predicted octanol–water partition coefficient (Wildman–Crippen LogP) is 4.52. The van der Waals surface area contributed by atoms with Crippen LogP contribution in [0.15, 0.2) is 73.1 Å². The molecule has 4 rings (SSSR count). The number of methoxy groups -OCH3 is 1. The maximum absolute atomic E-state index is 5.34. The van der Waals surface area contributed by atoms with Crippen LogP contribution in [0.3, 0.4) is 0 Å². The van der Waals surface area contributed by atoms with E-state index in [0.717, 1.165) is 28.0 Å². The minimum Gasteiger partial charge on any atom is -0.495 e. The largest absolute Gasteiger partial charge is 0.495 e. The van der Waals surface area contributed by atoms with Crippen molar-refractivity contribution in [3.05, 3.63) is 73.1 Å². The van der Waals surface area contributed by atoms with Crippen LogP contribution in [0, 0.1) is 0 Å². The van der Waals surface area contributed by atoms with Crippen molar-refractivity contribution in [2.45, 2.75) is 0 Å². The summed E-state index contributed by atoms with van der Waals surface area (Å²) in [4.78, 5) is 13.1. The third-order valence-electron chi connectivity index (χ3n) is 3.88. The molecule has 0 saturated carbocycles. The molecule has 0 amide bonds. The topological polar surface area (TPSA) is 72.0 Å². The van der Waals surface area contributed by atoms with Crippen LogP contribution in [0.25, 0.3) is 10.9 Å². The Morgan fingerprint density at radius 2 is 1.77 bits per heavy atom. The summed E-state index contributed by atoms with van der Waals surface area (Å²) >= 11 is 0. The van der Waals surface area contributed by atoms with Crippen LogP contribution < -0.4 is 15.4 Å². The third kappa shape index (κ3) is 3.39. The summed E-state index contributed by atoms with van der Waals surface area (Å²) in [5, 5.41) is 7.55. The van der Waals surface area contributed by atoms with E-state index in [1.165, 1.54) is 0 Å². The number of rotatable bonds is 5. The second kappa shape index (κ2) is 7.06. The molecule has 0 aliphatic rings. The summed E-state index contributed by atoms with van der Waals surface area (Å²) in [6, 6.07) is 19.4. The number of fused-ring (bicyclic) bond motifs is 1. The van der Waals surface area contributed by atoms with Crippen molar-refractivity contribution in [3.63, 3.8) is 0 Å². The van der Waals surface area contributed by atoms with Gasteiger partial charge in [-0.1, -0.05) is 18.2 Å². The van der Waals surface area contributed by atoms with Crippen LogP contribution in [-0.4, -0.2) is 22.1 Å². The summed E-state index contributed by atoms with van der Waals surface area (Å²) in [7, 11) is 1.63. The first-order valence-corrected chi connectivity index (χ1v) is 8.17. The monoisotopic (exact) mass is 343 g/mol. The fourth-order valence-electron chi connectivity index (χ4n) is 2.66. The van der Waals surface area contributed by atoms with Gasteiger partial charge in [-0.25, -0.2) is 4.98 Å². The Hall–Kier alpha value is -3.67. The zero-order valence-corrected chi connectivity index (χ0v) is 14.2. The molecule has 0 spiro atoms. The average molecular weight is 343 g/mol. The Morgan fingerprint density at radius 1 is 0.846 bits per heavy atom. The summed E-state index contributed by atoms with van der Waals surface area (Å²) in [5.74, 6) is 1.92. The summed E-state index contributed by atoms with van der Waals surface area (Å²) in [5.41, 5.74) is 2.70. The molecule has 0 aliphatic heterocycles. The third-order valence-corrected chi connectivity index (χ3v) is 3.88. The van der Waals surface area contributed by atoms with Crippen molar-refractivity contribution in [2.75, 3.05) is 17.7 Å². The minimum atomic E-state index is 0.488. The van der Waals surface area contributed by atoms with E-state index in [9.17, 15) is 0 Å². The van der Waals surface area contributed by atoms with Crippen molar-refractivity contribution >= 4 is 34.0 Å². The fourth-order valence-corrected chi connectivity index (χ4v) is 2.66. The van der Waals surface area contributed by atoms with Gasteiger partial charge in [0.1, 0.15) is 11.6 Å². The second-order valence-electron chi connectivity index (χ2n) is 5.63. The average Bonchev–Trinajstić information content (AvgIpc) is 2.69. The predicted molar refractivity (Wildman–Crippen MR) is 103 cm³/mol.